The molecule has 5 nitrogen and oxygen atoms in total. The van der Waals surface area contributed by atoms with Gasteiger partial charge in [-0.3, -0.25) is 14.5 Å². The lowest BCUT2D eigenvalue weighted by atomic mass is 9.95. The van der Waals surface area contributed by atoms with Crippen molar-refractivity contribution in [3.05, 3.63) is 56.3 Å². The van der Waals surface area contributed by atoms with E-state index in [4.69, 9.17) is 0 Å². The zero-order valence-electron chi connectivity index (χ0n) is 15.2. The normalized spacial score (nSPS) is 19.8. The standard InChI is InChI=1S/C21H27N3O2/c25-20-18(22-17-9-5-2-6-10-17)19(21(20)26)24-13-11-23(12-14-24)15-16-7-3-1-4-8-16/h1,3-4,7-8,17,22H,2,5-6,9-15H2. The highest BCUT2D eigenvalue weighted by Gasteiger charge is 2.30. The molecule has 5 heteroatoms. The lowest BCUT2D eigenvalue weighted by Gasteiger charge is -2.37. The molecular weight excluding hydrogens is 326 g/mol. The fourth-order valence-electron chi connectivity index (χ4n) is 4.24. The van der Waals surface area contributed by atoms with Gasteiger partial charge in [-0.05, 0) is 18.4 Å². The molecule has 0 spiro atoms. The fourth-order valence-corrected chi connectivity index (χ4v) is 4.24. The van der Waals surface area contributed by atoms with Gasteiger partial charge < -0.3 is 10.2 Å². The van der Waals surface area contributed by atoms with E-state index in [1.807, 2.05) is 6.07 Å². The predicted octanol–water partition coefficient (Wildman–Crippen LogP) is 2.35. The molecule has 0 unspecified atom stereocenters. The van der Waals surface area contributed by atoms with Crippen molar-refractivity contribution in [1.29, 1.82) is 0 Å². The molecule has 1 aliphatic carbocycles. The van der Waals surface area contributed by atoms with Crippen LogP contribution >= 0.6 is 0 Å². The number of piperazine rings is 1. The highest BCUT2D eigenvalue weighted by molar-refractivity contribution is 5.75. The van der Waals surface area contributed by atoms with Crippen LogP contribution in [0.2, 0.25) is 0 Å². The third-order valence-electron chi connectivity index (χ3n) is 5.78. The Morgan fingerprint density at radius 2 is 1.58 bits per heavy atom. The fraction of sp³-hybridized carbons (Fsp3) is 0.524. The lowest BCUT2D eigenvalue weighted by molar-refractivity contribution is 0.249. The highest BCUT2D eigenvalue weighted by Crippen LogP contribution is 2.26. The Hall–Kier alpha value is -2.14. The molecule has 0 amide bonds. The van der Waals surface area contributed by atoms with Gasteiger partial charge in [-0.2, -0.15) is 0 Å². The molecular formula is C21H27N3O2. The molecule has 1 saturated carbocycles. The number of benzene rings is 1. The average molecular weight is 353 g/mol. The van der Waals surface area contributed by atoms with Crippen LogP contribution < -0.4 is 21.1 Å². The second-order valence-electron chi connectivity index (χ2n) is 7.61. The second kappa shape index (κ2) is 7.62. The van der Waals surface area contributed by atoms with Gasteiger partial charge in [0, 0.05) is 38.8 Å². The Kier molecular flexibility index (Phi) is 5.07. The number of rotatable bonds is 5. The van der Waals surface area contributed by atoms with Crippen LogP contribution in [-0.2, 0) is 6.54 Å². The molecule has 26 heavy (non-hydrogen) atoms. The monoisotopic (exact) mass is 353 g/mol. The van der Waals surface area contributed by atoms with E-state index >= 15 is 0 Å². The van der Waals surface area contributed by atoms with Crippen LogP contribution in [-0.4, -0.2) is 37.1 Å². The summed E-state index contributed by atoms with van der Waals surface area (Å²) in [5, 5.41) is 3.39. The summed E-state index contributed by atoms with van der Waals surface area (Å²) in [6, 6.07) is 10.8. The number of anilines is 2. The number of nitrogens with zero attached hydrogens (tertiary/aromatic N) is 2. The van der Waals surface area contributed by atoms with Crippen molar-refractivity contribution in [2.24, 2.45) is 0 Å². The summed E-state index contributed by atoms with van der Waals surface area (Å²) < 4.78 is 0. The Morgan fingerprint density at radius 1 is 0.885 bits per heavy atom. The van der Waals surface area contributed by atoms with Crippen LogP contribution in [0.1, 0.15) is 37.7 Å². The van der Waals surface area contributed by atoms with E-state index in [9.17, 15) is 9.59 Å². The third-order valence-corrected chi connectivity index (χ3v) is 5.78. The van der Waals surface area contributed by atoms with Gasteiger partial charge in [0.05, 0.1) is 0 Å². The first-order chi connectivity index (χ1) is 12.7. The summed E-state index contributed by atoms with van der Waals surface area (Å²) in [5.74, 6) is 0. The molecule has 138 valence electrons. The number of nitrogens with one attached hydrogen (secondary N) is 1. The molecule has 0 aromatic heterocycles. The third kappa shape index (κ3) is 3.54. The molecule has 0 radical (unpaired) electrons. The Labute approximate surface area is 154 Å². The summed E-state index contributed by atoms with van der Waals surface area (Å²) in [6.45, 7) is 4.37. The highest BCUT2D eigenvalue weighted by atomic mass is 16.2. The van der Waals surface area contributed by atoms with Crippen LogP contribution in [0.15, 0.2) is 39.9 Å². The molecule has 1 N–H and O–H groups in total. The minimum atomic E-state index is -0.322. The molecule has 2 aromatic rings. The van der Waals surface area contributed by atoms with Crippen LogP contribution in [0.4, 0.5) is 11.4 Å². The van der Waals surface area contributed by atoms with Gasteiger partial charge in [0.2, 0.25) is 0 Å². The summed E-state index contributed by atoms with van der Waals surface area (Å²) >= 11 is 0. The van der Waals surface area contributed by atoms with Crippen LogP contribution in [0.3, 0.4) is 0 Å². The molecule has 2 aromatic carbocycles. The summed E-state index contributed by atoms with van der Waals surface area (Å²) in [7, 11) is 0. The first-order valence-corrected chi connectivity index (χ1v) is 9.83. The molecule has 1 heterocycles. The smallest absolute Gasteiger partial charge is 0.253 e. The van der Waals surface area contributed by atoms with Crippen molar-refractivity contribution in [3.63, 3.8) is 0 Å². The Balaban J connectivity index is 1.38. The van der Waals surface area contributed by atoms with Crippen molar-refractivity contribution >= 4 is 11.4 Å². The maximum Gasteiger partial charge on any atom is 0.253 e. The van der Waals surface area contributed by atoms with Crippen LogP contribution in [0.25, 0.3) is 0 Å². The van der Waals surface area contributed by atoms with Crippen molar-refractivity contribution in [2.75, 3.05) is 36.4 Å². The Morgan fingerprint density at radius 3 is 2.27 bits per heavy atom. The molecule has 0 atom stereocenters. The van der Waals surface area contributed by atoms with E-state index in [1.54, 1.807) is 0 Å². The van der Waals surface area contributed by atoms with E-state index in [0.29, 0.717) is 17.4 Å². The average Bonchev–Trinajstić information content (AvgIpc) is 2.70. The molecule has 1 aliphatic heterocycles. The Bertz CT molecular complexity index is 796. The van der Waals surface area contributed by atoms with E-state index < -0.39 is 0 Å². The van der Waals surface area contributed by atoms with Crippen molar-refractivity contribution in [2.45, 2.75) is 44.7 Å². The number of hydrogen-bond donors (Lipinski definition) is 1. The molecule has 1 saturated heterocycles. The molecule has 0 bridgehead atoms. The molecule has 2 fully saturated rings. The van der Waals surface area contributed by atoms with E-state index in [-0.39, 0.29) is 10.9 Å². The van der Waals surface area contributed by atoms with Gasteiger partial charge in [0.15, 0.2) is 0 Å². The first-order valence-electron chi connectivity index (χ1n) is 9.83. The zero-order chi connectivity index (χ0) is 17.9. The quantitative estimate of drug-likeness (QED) is 0.837. The lowest BCUT2D eigenvalue weighted by Crippen LogP contribution is -2.51. The van der Waals surface area contributed by atoms with Crippen molar-refractivity contribution in [3.8, 4) is 0 Å². The van der Waals surface area contributed by atoms with Crippen molar-refractivity contribution in [1.82, 2.24) is 4.90 Å². The second-order valence-corrected chi connectivity index (χ2v) is 7.61. The van der Waals surface area contributed by atoms with Gasteiger partial charge >= 0.3 is 0 Å². The van der Waals surface area contributed by atoms with Gasteiger partial charge in [-0.25, -0.2) is 0 Å². The van der Waals surface area contributed by atoms with Crippen LogP contribution in [0, 0.1) is 0 Å². The molecule has 2 aliphatic rings. The maximum absolute atomic E-state index is 12.2. The van der Waals surface area contributed by atoms with Gasteiger partial charge in [0.25, 0.3) is 10.9 Å². The number of hydrogen-bond acceptors (Lipinski definition) is 5. The summed E-state index contributed by atoms with van der Waals surface area (Å²) in [4.78, 5) is 28.8. The van der Waals surface area contributed by atoms with Gasteiger partial charge in [0.1, 0.15) is 11.4 Å². The van der Waals surface area contributed by atoms with Gasteiger partial charge in [-0.15, -0.1) is 0 Å². The maximum atomic E-state index is 12.2. The van der Waals surface area contributed by atoms with Gasteiger partial charge in [-0.1, -0.05) is 49.6 Å². The minimum absolute atomic E-state index is 0.306. The zero-order valence-corrected chi connectivity index (χ0v) is 15.2. The molecule has 4 rings (SSSR count). The largest absolute Gasteiger partial charge is 0.377 e. The van der Waals surface area contributed by atoms with Crippen LogP contribution in [0.5, 0.6) is 0 Å². The summed E-state index contributed by atoms with van der Waals surface area (Å²) in [6.07, 6.45) is 5.90. The van der Waals surface area contributed by atoms with E-state index in [1.165, 1.54) is 24.8 Å². The summed E-state index contributed by atoms with van der Waals surface area (Å²) in [5.41, 5.74) is 1.91. The topological polar surface area (TPSA) is 52.7 Å². The SMILES string of the molecule is O=c1c(NC2CCCCC2)c(N2CCN(Cc3ccccc3)CC2)c1=O. The van der Waals surface area contributed by atoms with E-state index in [2.05, 4.69) is 39.4 Å². The van der Waals surface area contributed by atoms with Crippen molar-refractivity contribution < 1.29 is 0 Å². The first kappa shape index (κ1) is 17.3. The predicted molar refractivity (Wildman–Crippen MR) is 106 cm³/mol. The minimum Gasteiger partial charge on any atom is -0.377 e. The van der Waals surface area contributed by atoms with E-state index in [0.717, 1.165) is 45.6 Å².